The molecule has 5 heteroatoms. The molecule has 0 aliphatic carbocycles. The first-order valence-corrected chi connectivity index (χ1v) is 7.75. The summed E-state index contributed by atoms with van der Waals surface area (Å²) < 4.78 is 1.92. The summed E-state index contributed by atoms with van der Waals surface area (Å²) in [5.74, 6) is 1.00. The summed E-state index contributed by atoms with van der Waals surface area (Å²) in [6.07, 6.45) is 4.82. The summed E-state index contributed by atoms with van der Waals surface area (Å²) >= 11 is 0. The molecule has 0 unspecified atom stereocenters. The van der Waals surface area contributed by atoms with Gasteiger partial charge in [0.1, 0.15) is 0 Å². The van der Waals surface area contributed by atoms with Gasteiger partial charge >= 0.3 is 0 Å². The minimum Gasteiger partial charge on any atom is -0.354 e. The number of anilines is 1. The van der Waals surface area contributed by atoms with E-state index >= 15 is 0 Å². The zero-order valence-electron chi connectivity index (χ0n) is 13.2. The van der Waals surface area contributed by atoms with Crippen LogP contribution in [-0.2, 0) is 0 Å². The molecular weight excluding hydrogens is 274 g/mol. The van der Waals surface area contributed by atoms with Crippen LogP contribution < -0.4 is 5.32 Å². The fourth-order valence-corrected chi connectivity index (χ4v) is 2.50. The van der Waals surface area contributed by atoms with Crippen LogP contribution in [0.5, 0.6) is 0 Å². The van der Waals surface area contributed by atoms with Crippen molar-refractivity contribution in [2.75, 3.05) is 11.9 Å². The van der Waals surface area contributed by atoms with E-state index in [1.807, 2.05) is 28.9 Å². The van der Waals surface area contributed by atoms with Crippen molar-refractivity contribution < 1.29 is 0 Å². The predicted octanol–water partition coefficient (Wildman–Crippen LogP) is 3.74. The molecule has 0 bridgehead atoms. The molecular formula is C17H21N5. The summed E-state index contributed by atoms with van der Waals surface area (Å²) in [7, 11) is 0. The Balaban J connectivity index is 2.14. The predicted molar refractivity (Wildman–Crippen MR) is 89.1 cm³/mol. The van der Waals surface area contributed by atoms with Crippen molar-refractivity contribution in [1.82, 2.24) is 19.6 Å². The molecule has 0 aliphatic heterocycles. The van der Waals surface area contributed by atoms with Crippen LogP contribution in [0.25, 0.3) is 16.8 Å². The molecule has 0 aromatic carbocycles. The third-order valence-corrected chi connectivity index (χ3v) is 3.56. The highest BCUT2D eigenvalue weighted by Gasteiger charge is 2.18. The maximum absolute atomic E-state index is 4.72. The molecule has 0 saturated heterocycles. The van der Waals surface area contributed by atoms with Crippen molar-refractivity contribution >= 4 is 11.5 Å². The number of pyridine rings is 1. The minimum absolute atomic E-state index is 0.330. The van der Waals surface area contributed by atoms with Gasteiger partial charge in [-0.05, 0) is 30.5 Å². The Labute approximate surface area is 130 Å². The van der Waals surface area contributed by atoms with Gasteiger partial charge in [-0.1, -0.05) is 26.8 Å². The SMILES string of the molecule is CCCNc1nccc(-c2c(C(C)C)nn3ccccc23)n1. The molecule has 0 amide bonds. The summed E-state index contributed by atoms with van der Waals surface area (Å²) in [6.45, 7) is 7.31. The van der Waals surface area contributed by atoms with Crippen LogP contribution in [0.4, 0.5) is 5.95 Å². The van der Waals surface area contributed by atoms with E-state index in [9.17, 15) is 0 Å². The molecule has 0 fully saturated rings. The fraction of sp³-hybridized carbons (Fsp3) is 0.353. The lowest BCUT2D eigenvalue weighted by atomic mass is 10.0. The van der Waals surface area contributed by atoms with Gasteiger partial charge in [-0.25, -0.2) is 14.5 Å². The van der Waals surface area contributed by atoms with E-state index in [1.165, 1.54) is 0 Å². The van der Waals surface area contributed by atoms with E-state index in [4.69, 9.17) is 5.10 Å². The molecule has 3 aromatic rings. The second-order valence-electron chi connectivity index (χ2n) is 5.64. The Bertz CT molecular complexity index is 776. The van der Waals surface area contributed by atoms with Gasteiger partial charge in [0.15, 0.2) is 0 Å². The molecule has 0 aliphatic rings. The molecule has 0 radical (unpaired) electrons. The van der Waals surface area contributed by atoms with E-state index in [0.29, 0.717) is 11.9 Å². The van der Waals surface area contributed by atoms with Crippen LogP contribution in [0.1, 0.15) is 38.8 Å². The third kappa shape index (κ3) is 2.66. The van der Waals surface area contributed by atoms with Gasteiger partial charge in [0.2, 0.25) is 5.95 Å². The molecule has 3 aromatic heterocycles. The van der Waals surface area contributed by atoms with Gasteiger partial charge in [0.25, 0.3) is 0 Å². The number of hydrogen-bond acceptors (Lipinski definition) is 4. The van der Waals surface area contributed by atoms with Gasteiger partial charge in [-0.15, -0.1) is 0 Å². The fourth-order valence-electron chi connectivity index (χ4n) is 2.50. The molecule has 0 saturated carbocycles. The molecule has 1 N–H and O–H groups in total. The van der Waals surface area contributed by atoms with Gasteiger partial charge in [0, 0.05) is 24.5 Å². The van der Waals surface area contributed by atoms with Crippen LogP contribution in [0.2, 0.25) is 0 Å². The zero-order valence-corrected chi connectivity index (χ0v) is 13.2. The summed E-state index contributed by atoms with van der Waals surface area (Å²) in [5, 5.41) is 7.96. The highest BCUT2D eigenvalue weighted by molar-refractivity contribution is 5.81. The van der Waals surface area contributed by atoms with E-state index in [2.05, 4.69) is 42.1 Å². The standard InChI is InChI=1S/C17H21N5/c1-4-9-18-17-19-10-8-13(20-17)15-14-7-5-6-11-22(14)21-16(15)12(2)3/h5-8,10-12H,4,9H2,1-3H3,(H,18,19,20). The minimum atomic E-state index is 0.330. The normalized spacial score (nSPS) is 11.3. The molecule has 0 spiro atoms. The highest BCUT2D eigenvalue weighted by Crippen LogP contribution is 2.31. The zero-order chi connectivity index (χ0) is 15.5. The smallest absolute Gasteiger partial charge is 0.223 e. The van der Waals surface area contributed by atoms with Crippen molar-refractivity contribution in [1.29, 1.82) is 0 Å². The quantitative estimate of drug-likeness (QED) is 0.779. The Kier molecular flexibility index (Phi) is 4.04. The van der Waals surface area contributed by atoms with Gasteiger partial charge in [-0.2, -0.15) is 5.10 Å². The average molecular weight is 295 g/mol. The largest absolute Gasteiger partial charge is 0.354 e. The van der Waals surface area contributed by atoms with Crippen LogP contribution in [0, 0.1) is 0 Å². The molecule has 3 heterocycles. The Morgan fingerprint density at radius 2 is 2.09 bits per heavy atom. The summed E-state index contributed by atoms with van der Waals surface area (Å²) in [4.78, 5) is 8.96. The van der Waals surface area contributed by atoms with Crippen molar-refractivity contribution in [3.8, 4) is 11.3 Å². The number of nitrogens with one attached hydrogen (secondary N) is 1. The second-order valence-corrected chi connectivity index (χ2v) is 5.64. The summed E-state index contributed by atoms with van der Waals surface area (Å²) in [6, 6.07) is 8.05. The lowest BCUT2D eigenvalue weighted by Gasteiger charge is -2.07. The molecule has 114 valence electrons. The number of nitrogens with zero attached hydrogens (tertiary/aromatic N) is 4. The lowest BCUT2D eigenvalue weighted by Crippen LogP contribution is -2.04. The van der Waals surface area contributed by atoms with Crippen molar-refractivity contribution in [3.05, 3.63) is 42.4 Å². The molecule has 0 atom stereocenters. The third-order valence-electron chi connectivity index (χ3n) is 3.56. The molecule has 3 rings (SSSR count). The van der Waals surface area contributed by atoms with Crippen LogP contribution >= 0.6 is 0 Å². The Morgan fingerprint density at radius 3 is 2.86 bits per heavy atom. The first-order chi connectivity index (χ1) is 10.7. The van der Waals surface area contributed by atoms with E-state index < -0.39 is 0 Å². The first-order valence-electron chi connectivity index (χ1n) is 7.75. The maximum Gasteiger partial charge on any atom is 0.223 e. The molecule has 5 nitrogen and oxygen atoms in total. The van der Waals surface area contributed by atoms with Gasteiger partial charge in [0.05, 0.1) is 16.9 Å². The average Bonchev–Trinajstić information content (AvgIpc) is 2.93. The van der Waals surface area contributed by atoms with Crippen molar-refractivity contribution in [3.63, 3.8) is 0 Å². The van der Waals surface area contributed by atoms with Crippen molar-refractivity contribution in [2.45, 2.75) is 33.1 Å². The van der Waals surface area contributed by atoms with Crippen LogP contribution in [-0.4, -0.2) is 26.1 Å². The van der Waals surface area contributed by atoms with Crippen molar-refractivity contribution in [2.24, 2.45) is 0 Å². The maximum atomic E-state index is 4.72. The van der Waals surface area contributed by atoms with E-state index in [-0.39, 0.29) is 0 Å². The number of rotatable bonds is 5. The second kappa shape index (κ2) is 6.13. The Morgan fingerprint density at radius 1 is 1.23 bits per heavy atom. The van der Waals surface area contributed by atoms with Gasteiger partial charge < -0.3 is 5.32 Å². The topological polar surface area (TPSA) is 55.1 Å². The molecule has 22 heavy (non-hydrogen) atoms. The Hall–Kier alpha value is -2.43. The van der Waals surface area contributed by atoms with E-state index in [0.717, 1.165) is 35.4 Å². The van der Waals surface area contributed by atoms with Crippen LogP contribution in [0.3, 0.4) is 0 Å². The van der Waals surface area contributed by atoms with Gasteiger partial charge in [-0.3, -0.25) is 0 Å². The highest BCUT2D eigenvalue weighted by atomic mass is 15.2. The number of aromatic nitrogens is 4. The van der Waals surface area contributed by atoms with E-state index in [1.54, 1.807) is 6.20 Å². The first kappa shape index (κ1) is 14.5. The number of hydrogen-bond donors (Lipinski definition) is 1. The van der Waals surface area contributed by atoms with Crippen LogP contribution in [0.15, 0.2) is 36.7 Å². The summed E-state index contributed by atoms with van der Waals surface area (Å²) in [5.41, 5.74) is 4.15. The number of fused-ring (bicyclic) bond motifs is 1. The lowest BCUT2D eigenvalue weighted by molar-refractivity contribution is 0.789. The monoisotopic (exact) mass is 295 g/mol.